The molecule has 18 heavy (non-hydrogen) atoms. The zero-order valence-corrected chi connectivity index (χ0v) is 10.6. The lowest BCUT2D eigenvalue weighted by Crippen LogP contribution is -2.58. The van der Waals surface area contributed by atoms with Gasteiger partial charge in [0, 0.05) is 13.0 Å². The van der Waals surface area contributed by atoms with E-state index < -0.39 is 17.9 Å². The lowest BCUT2D eigenvalue weighted by atomic mass is 10.0. The van der Waals surface area contributed by atoms with Crippen molar-refractivity contribution in [2.45, 2.75) is 51.0 Å². The summed E-state index contributed by atoms with van der Waals surface area (Å²) in [6.07, 6.45) is -3.88. The number of halogens is 3. The van der Waals surface area contributed by atoms with Crippen LogP contribution in [-0.2, 0) is 9.53 Å². The number of amides is 1. The Labute approximate surface area is 104 Å². The zero-order chi connectivity index (χ0) is 13.6. The number of ether oxygens (including phenoxy) is 1. The first-order valence-corrected chi connectivity index (χ1v) is 6.20. The summed E-state index contributed by atoms with van der Waals surface area (Å²) in [4.78, 5) is 13.2. The summed E-state index contributed by atoms with van der Waals surface area (Å²) in [5, 5.41) is 0. The molecular weight excluding hydrogens is 247 g/mol. The third-order valence-electron chi connectivity index (χ3n) is 3.30. The number of rotatable bonds is 2. The van der Waals surface area contributed by atoms with E-state index in [2.05, 4.69) is 0 Å². The topological polar surface area (TPSA) is 29.5 Å². The molecule has 0 N–H and O–H groups in total. The molecule has 1 amide bonds. The summed E-state index contributed by atoms with van der Waals surface area (Å²) >= 11 is 0. The quantitative estimate of drug-likeness (QED) is 0.767. The number of carbonyl (C=O) groups excluding carboxylic acids is 1. The fourth-order valence-corrected chi connectivity index (χ4v) is 2.24. The summed E-state index contributed by atoms with van der Waals surface area (Å²) in [5.74, 6) is 0.205. The van der Waals surface area contributed by atoms with Gasteiger partial charge < -0.3 is 9.64 Å². The molecule has 0 bridgehead atoms. The highest BCUT2D eigenvalue weighted by Gasteiger charge is 2.49. The number of carbonyl (C=O) groups is 1. The van der Waals surface area contributed by atoms with E-state index in [4.69, 9.17) is 4.74 Å². The molecule has 1 aliphatic carbocycles. The Bertz CT molecular complexity index is 337. The highest BCUT2D eigenvalue weighted by Crippen LogP contribution is 2.35. The predicted molar refractivity (Wildman–Crippen MR) is 58.9 cm³/mol. The minimum absolute atomic E-state index is 0.178. The van der Waals surface area contributed by atoms with Gasteiger partial charge >= 0.3 is 6.18 Å². The number of hydrogen-bond acceptors (Lipinski definition) is 2. The minimum atomic E-state index is -4.42. The summed E-state index contributed by atoms with van der Waals surface area (Å²) < 4.78 is 43.2. The van der Waals surface area contributed by atoms with Crippen molar-refractivity contribution in [3.8, 4) is 0 Å². The van der Waals surface area contributed by atoms with Crippen LogP contribution < -0.4 is 0 Å². The van der Waals surface area contributed by atoms with E-state index in [1.165, 1.54) is 4.90 Å². The van der Waals surface area contributed by atoms with Crippen molar-refractivity contribution in [3.05, 3.63) is 0 Å². The molecule has 0 radical (unpaired) electrons. The van der Waals surface area contributed by atoms with E-state index in [1.54, 1.807) is 13.8 Å². The van der Waals surface area contributed by atoms with Gasteiger partial charge in [-0.3, -0.25) is 4.79 Å². The summed E-state index contributed by atoms with van der Waals surface area (Å²) in [6.45, 7) is 3.02. The lowest BCUT2D eigenvalue weighted by Gasteiger charge is -2.43. The Morgan fingerprint density at radius 3 is 2.50 bits per heavy atom. The van der Waals surface area contributed by atoms with Crippen molar-refractivity contribution in [1.82, 2.24) is 4.90 Å². The zero-order valence-electron chi connectivity index (χ0n) is 10.6. The van der Waals surface area contributed by atoms with Gasteiger partial charge in [0.1, 0.15) is 0 Å². The van der Waals surface area contributed by atoms with Crippen LogP contribution in [0.15, 0.2) is 0 Å². The number of hydrogen-bond donors (Lipinski definition) is 0. The third kappa shape index (κ3) is 3.37. The van der Waals surface area contributed by atoms with Gasteiger partial charge in [0.2, 0.25) is 5.91 Å². The molecule has 104 valence electrons. The standard InChI is InChI=1S/C12H18F3NO2/c1-11(2)7-16(10(17)5-8-3-4-8)6-9(18-11)12(13,14)15/h8-9H,3-7H2,1-2H3. The fraction of sp³-hybridized carbons (Fsp3) is 0.917. The summed E-state index contributed by atoms with van der Waals surface area (Å²) in [7, 11) is 0. The highest BCUT2D eigenvalue weighted by molar-refractivity contribution is 5.77. The Morgan fingerprint density at radius 2 is 2.00 bits per heavy atom. The van der Waals surface area contributed by atoms with Gasteiger partial charge in [-0.25, -0.2) is 0 Å². The van der Waals surface area contributed by atoms with Gasteiger partial charge in [0.15, 0.2) is 6.10 Å². The molecule has 1 saturated carbocycles. The molecule has 0 aromatic rings. The van der Waals surface area contributed by atoms with Gasteiger partial charge in [0.25, 0.3) is 0 Å². The molecular formula is C12H18F3NO2. The van der Waals surface area contributed by atoms with Crippen LogP contribution in [0.4, 0.5) is 13.2 Å². The molecule has 0 aromatic heterocycles. The van der Waals surface area contributed by atoms with Crippen molar-refractivity contribution in [3.63, 3.8) is 0 Å². The van der Waals surface area contributed by atoms with Crippen molar-refractivity contribution in [2.75, 3.05) is 13.1 Å². The Kier molecular flexibility index (Phi) is 3.34. The number of morpholine rings is 1. The van der Waals surface area contributed by atoms with Crippen molar-refractivity contribution in [2.24, 2.45) is 5.92 Å². The molecule has 0 spiro atoms. The molecule has 1 aliphatic heterocycles. The normalized spacial score (nSPS) is 28.3. The van der Waals surface area contributed by atoms with Gasteiger partial charge in [-0.05, 0) is 32.6 Å². The maximum Gasteiger partial charge on any atom is 0.416 e. The molecule has 1 saturated heterocycles. The maximum absolute atomic E-state index is 12.7. The SMILES string of the molecule is CC1(C)CN(C(=O)CC2CC2)CC(C(F)(F)F)O1. The van der Waals surface area contributed by atoms with Crippen LogP contribution in [0.5, 0.6) is 0 Å². The average molecular weight is 265 g/mol. The molecule has 6 heteroatoms. The largest absolute Gasteiger partial charge is 0.416 e. The molecule has 1 heterocycles. The molecule has 2 aliphatic rings. The number of nitrogens with zero attached hydrogens (tertiary/aromatic N) is 1. The highest BCUT2D eigenvalue weighted by atomic mass is 19.4. The monoisotopic (exact) mass is 265 g/mol. The predicted octanol–water partition coefficient (Wildman–Crippen LogP) is 2.35. The summed E-state index contributed by atoms with van der Waals surface area (Å²) in [5.41, 5.74) is -0.947. The number of alkyl halides is 3. The molecule has 2 fully saturated rings. The molecule has 2 rings (SSSR count). The van der Waals surface area contributed by atoms with Crippen LogP contribution in [0.1, 0.15) is 33.1 Å². The van der Waals surface area contributed by atoms with Gasteiger partial charge in [0.05, 0.1) is 12.1 Å². The van der Waals surface area contributed by atoms with Gasteiger partial charge in [-0.2, -0.15) is 13.2 Å². The van der Waals surface area contributed by atoms with E-state index in [1.807, 2.05) is 0 Å². The van der Waals surface area contributed by atoms with E-state index >= 15 is 0 Å². The maximum atomic E-state index is 12.7. The average Bonchev–Trinajstić information content (AvgIpc) is 2.97. The van der Waals surface area contributed by atoms with Crippen LogP contribution in [0.2, 0.25) is 0 Å². The Morgan fingerprint density at radius 1 is 1.39 bits per heavy atom. The molecule has 1 atom stereocenters. The van der Waals surface area contributed by atoms with Crippen LogP contribution >= 0.6 is 0 Å². The summed E-state index contributed by atoms with van der Waals surface area (Å²) in [6, 6.07) is 0. The van der Waals surface area contributed by atoms with Crippen LogP contribution in [-0.4, -0.2) is 41.8 Å². The second-order valence-corrected chi connectivity index (χ2v) is 5.83. The third-order valence-corrected chi connectivity index (χ3v) is 3.30. The van der Waals surface area contributed by atoms with Crippen LogP contribution in [0, 0.1) is 5.92 Å². The van der Waals surface area contributed by atoms with Gasteiger partial charge in [-0.1, -0.05) is 0 Å². The fourth-order valence-electron chi connectivity index (χ4n) is 2.24. The lowest BCUT2D eigenvalue weighted by molar-refractivity contribution is -0.270. The molecule has 1 unspecified atom stereocenters. The Hall–Kier alpha value is -0.780. The second kappa shape index (κ2) is 4.40. The molecule has 3 nitrogen and oxygen atoms in total. The second-order valence-electron chi connectivity index (χ2n) is 5.83. The van der Waals surface area contributed by atoms with Crippen molar-refractivity contribution >= 4 is 5.91 Å². The Balaban J connectivity index is 2.03. The first-order valence-electron chi connectivity index (χ1n) is 6.20. The van der Waals surface area contributed by atoms with E-state index in [0.29, 0.717) is 12.3 Å². The van der Waals surface area contributed by atoms with Crippen molar-refractivity contribution in [1.29, 1.82) is 0 Å². The van der Waals surface area contributed by atoms with E-state index in [-0.39, 0.29) is 19.0 Å². The van der Waals surface area contributed by atoms with E-state index in [9.17, 15) is 18.0 Å². The van der Waals surface area contributed by atoms with Crippen LogP contribution in [0.3, 0.4) is 0 Å². The smallest absolute Gasteiger partial charge is 0.359 e. The minimum Gasteiger partial charge on any atom is -0.359 e. The first-order chi connectivity index (χ1) is 8.17. The van der Waals surface area contributed by atoms with Crippen LogP contribution in [0.25, 0.3) is 0 Å². The first kappa shape index (κ1) is 13.6. The van der Waals surface area contributed by atoms with Crippen molar-refractivity contribution < 1.29 is 22.7 Å². The van der Waals surface area contributed by atoms with E-state index in [0.717, 1.165) is 12.8 Å². The van der Waals surface area contributed by atoms with Gasteiger partial charge in [-0.15, -0.1) is 0 Å². The molecule has 0 aromatic carbocycles.